The lowest BCUT2D eigenvalue weighted by molar-refractivity contribution is -0.121. The van der Waals surface area contributed by atoms with Crippen LogP contribution in [-0.2, 0) is 11.3 Å². The second-order valence-corrected chi connectivity index (χ2v) is 5.51. The molecule has 1 unspecified atom stereocenters. The van der Waals surface area contributed by atoms with Gasteiger partial charge in [-0.15, -0.1) is 0 Å². The molecule has 1 aliphatic rings. The third-order valence-electron chi connectivity index (χ3n) is 3.85. The van der Waals surface area contributed by atoms with E-state index in [4.69, 9.17) is 15.6 Å². The Kier molecular flexibility index (Phi) is 6.02. The topological polar surface area (TPSA) is 75.8 Å². The van der Waals surface area contributed by atoms with Gasteiger partial charge in [0.25, 0.3) is 0 Å². The molecule has 0 bridgehead atoms. The fraction of sp³-hybridized carbons (Fsp3) is 0.562. The van der Waals surface area contributed by atoms with Crippen LogP contribution >= 0.6 is 0 Å². The molecule has 1 fully saturated rings. The minimum absolute atomic E-state index is 0.0253. The number of benzene rings is 1. The molecule has 5 heteroatoms. The number of para-hydroxylation sites is 1. The first kappa shape index (κ1) is 15.8. The molecular weight excluding hydrogens is 268 g/mol. The molecule has 1 heterocycles. The fourth-order valence-corrected chi connectivity index (χ4v) is 2.62. The van der Waals surface area contributed by atoms with Gasteiger partial charge in [-0.05, 0) is 31.9 Å². The first-order valence-electron chi connectivity index (χ1n) is 7.54. The van der Waals surface area contributed by atoms with Gasteiger partial charge < -0.3 is 15.6 Å². The van der Waals surface area contributed by atoms with E-state index in [1.54, 1.807) is 0 Å². The molecule has 21 heavy (non-hydrogen) atoms. The zero-order valence-electron chi connectivity index (χ0n) is 12.3. The van der Waals surface area contributed by atoms with Gasteiger partial charge in [0.05, 0.1) is 12.5 Å². The molecule has 0 spiro atoms. The van der Waals surface area contributed by atoms with Crippen molar-refractivity contribution in [3.05, 3.63) is 29.8 Å². The van der Waals surface area contributed by atoms with Crippen LogP contribution in [-0.4, -0.2) is 42.2 Å². The van der Waals surface area contributed by atoms with E-state index in [2.05, 4.69) is 11.0 Å². The largest absolute Gasteiger partial charge is 0.493 e. The molecule has 116 valence electrons. The summed E-state index contributed by atoms with van der Waals surface area (Å²) in [6.07, 6.45) is 2.45. The summed E-state index contributed by atoms with van der Waals surface area (Å²) in [6.45, 7) is 3.22. The van der Waals surface area contributed by atoms with Crippen LogP contribution in [0.3, 0.4) is 0 Å². The van der Waals surface area contributed by atoms with Crippen LogP contribution in [0.1, 0.15) is 24.8 Å². The number of likely N-dealkylation sites (tertiary alicyclic amines) is 1. The van der Waals surface area contributed by atoms with Gasteiger partial charge in [-0.1, -0.05) is 18.2 Å². The van der Waals surface area contributed by atoms with Crippen LogP contribution in [0.25, 0.3) is 0 Å². The number of amides is 1. The van der Waals surface area contributed by atoms with E-state index in [1.165, 1.54) is 0 Å². The Hall–Kier alpha value is -1.59. The minimum atomic E-state index is -0.203. The molecule has 1 amide bonds. The number of carbonyl (C=O) groups is 1. The monoisotopic (exact) mass is 292 g/mol. The average molecular weight is 292 g/mol. The Morgan fingerprint density at radius 2 is 2.19 bits per heavy atom. The lowest BCUT2D eigenvalue weighted by atomic mass is 10.1. The molecule has 0 saturated carbocycles. The molecule has 5 nitrogen and oxygen atoms in total. The Labute approximate surface area is 125 Å². The molecule has 0 aliphatic carbocycles. The standard InChI is InChI=1S/C16H24N2O3/c17-16(20)14-7-8-18(12-14)11-13-5-1-2-6-15(13)21-10-4-3-9-19/h1-2,5-6,14,19H,3-4,7-12H2,(H2,17,20). The van der Waals surface area contributed by atoms with Crippen LogP contribution in [0, 0.1) is 5.92 Å². The third kappa shape index (κ3) is 4.72. The summed E-state index contributed by atoms with van der Waals surface area (Å²) in [7, 11) is 0. The molecule has 1 aromatic rings. The summed E-state index contributed by atoms with van der Waals surface area (Å²) in [5.41, 5.74) is 6.50. The van der Waals surface area contributed by atoms with E-state index in [9.17, 15) is 4.79 Å². The van der Waals surface area contributed by atoms with E-state index in [0.29, 0.717) is 6.61 Å². The van der Waals surface area contributed by atoms with Gasteiger partial charge in [-0.2, -0.15) is 0 Å². The van der Waals surface area contributed by atoms with E-state index in [0.717, 1.165) is 50.2 Å². The Bertz CT molecular complexity index is 465. The van der Waals surface area contributed by atoms with Gasteiger partial charge in [-0.3, -0.25) is 9.69 Å². The van der Waals surface area contributed by atoms with Crippen molar-refractivity contribution in [3.63, 3.8) is 0 Å². The normalized spacial score (nSPS) is 18.8. The first-order chi connectivity index (χ1) is 10.2. The molecule has 2 rings (SSSR count). The maximum atomic E-state index is 11.2. The van der Waals surface area contributed by atoms with Crippen molar-refractivity contribution in [3.8, 4) is 5.75 Å². The summed E-state index contributed by atoms with van der Waals surface area (Å²) >= 11 is 0. The predicted octanol–water partition coefficient (Wildman–Crippen LogP) is 1.15. The second-order valence-electron chi connectivity index (χ2n) is 5.51. The smallest absolute Gasteiger partial charge is 0.221 e. The number of hydrogen-bond donors (Lipinski definition) is 2. The minimum Gasteiger partial charge on any atom is -0.493 e. The van der Waals surface area contributed by atoms with Gasteiger partial charge in [-0.25, -0.2) is 0 Å². The van der Waals surface area contributed by atoms with Gasteiger partial charge in [0.15, 0.2) is 0 Å². The Balaban J connectivity index is 1.89. The predicted molar refractivity (Wildman–Crippen MR) is 80.8 cm³/mol. The van der Waals surface area contributed by atoms with Crippen molar-refractivity contribution in [2.75, 3.05) is 26.3 Å². The summed E-state index contributed by atoms with van der Waals surface area (Å²) in [5, 5.41) is 8.78. The molecule has 1 aliphatic heterocycles. The number of nitrogens with zero attached hydrogens (tertiary/aromatic N) is 1. The number of carbonyl (C=O) groups excluding carboxylic acids is 1. The number of rotatable bonds is 8. The summed E-state index contributed by atoms with van der Waals surface area (Å²) < 4.78 is 5.79. The number of aliphatic hydroxyl groups excluding tert-OH is 1. The second kappa shape index (κ2) is 8.00. The van der Waals surface area contributed by atoms with E-state index < -0.39 is 0 Å². The van der Waals surface area contributed by atoms with E-state index in [-0.39, 0.29) is 18.4 Å². The highest BCUT2D eigenvalue weighted by Gasteiger charge is 2.26. The molecule has 1 aromatic carbocycles. The van der Waals surface area contributed by atoms with Gasteiger partial charge in [0.1, 0.15) is 5.75 Å². The Morgan fingerprint density at radius 1 is 1.38 bits per heavy atom. The lowest BCUT2D eigenvalue weighted by Crippen LogP contribution is -2.27. The van der Waals surface area contributed by atoms with Crippen molar-refractivity contribution in [1.82, 2.24) is 4.90 Å². The number of hydrogen-bond acceptors (Lipinski definition) is 4. The lowest BCUT2D eigenvalue weighted by Gasteiger charge is -2.18. The van der Waals surface area contributed by atoms with Crippen molar-refractivity contribution in [2.24, 2.45) is 11.7 Å². The van der Waals surface area contributed by atoms with Gasteiger partial charge in [0.2, 0.25) is 5.91 Å². The SMILES string of the molecule is NC(=O)C1CCN(Cc2ccccc2OCCCCO)C1. The highest BCUT2D eigenvalue weighted by Crippen LogP contribution is 2.24. The van der Waals surface area contributed by atoms with Crippen molar-refractivity contribution >= 4 is 5.91 Å². The zero-order chi connectivity index (χ0) is 15.1. The zero-order valence-corrected chi connectivity index (χ0v) is 12.3. The maximum Gasteiger partial charge on any atom is 0.221 e. The maximum absolute atomic E-state index is 11.2. The summed E-state index contributed by atoms with van der Waals surface area (Å²) in [5.74, 6) is 0.659. The molecule has 0 radical (unpaired) electrons. The van der Waals surface area contributed by atoms with Gasteiger partial charge in [0, 0.05) is 25.3 Å². The summed E-state index contributed by atoms with van der Waals surface area (Å²) in [4.78, 5) is 13.5. The van der Waals surface area contributed by atoms with Crippen molar-refractivity contribution < 1.29 is 14.6 Å². The van der Waals surface area contributed by atoms with E-state index >= 15 is 0 Å². The number of ether oxygens (including phenoxy) is 1. The van der Waals surface area contributed by atoms with Crippen LogP contribution in [0.2, 0.25) is 0 Å². The number of unbranched alkanes of at least 4 members (excludes halogenated alkanes) is 1. The molecule has 1 atom stereocenters. The quantitative estimate of drug-likeness (QED) is 0.705. The van der Waals surface area contributed by atoms with E-state index in [1.807, 2.05) is 18.2 Å². The first-order valence-corrected chi connectivity index (χ1v) is 7.54. The Morgan fingerprint density at radius 3 is 2.90 bits per heavy atom. The molecular formula is C16H24N2O3. The third-order valence-corrected chi connectivity index (χ3v) is 3.85. The van der Waals surface area contributed by atoms with Crippen LogP contribution in [0.5, 0.6) is 5.75 Å². The van der Waals surface area contributed by atoms with Gasteiger partial charge >= 0.3 is 0 Å². The van der Waals surface area contributed by atoms with Crippen molar-refractivity contribution in [2.45, 2.75) is 25.8 Å². The fourth-order valence-electron chi connectivity index (χ4n) is 2.62. The number of nitrogens with two attached hydrogens (primary N) is 1. The highest BCUT2D eigenvalue weighted by atomic mass is 16.5. The number of primary amides is 1. The molecule has 3 N–H and O–H groups in total. The average Bonchev–Trinajstić information content (AvgIpc) is 2.94. The van der Waals surface area contributed by atoms with Crippen molar-refractivity contribution in [1.29, 1.82) is 0 Å². The van der Waals surface area contributed by atoms with Crippen LogP contribution < -0.4 is 10.5 Å². The number of aliphatic hydroxyl groups is 1. The summed E-state index contributed by atoms with van der Waals surface area (Å²) in [6, 6.07) is 7.98. The highest BCUT2D eigenvalue weighted by molar-refractivity contribution is 5.77. The molecule has 0 aromatic heterocycles. The molecule has 1 saturated heterocycles. The van der Waals surface area contributed by atoms with Crippen LogP contribution in [0.15, 0.2) is 24.3 Å². The van der Waals surface area contributed by atoms with Crippen LogP contribution in [0.4, 0.5) is 0 Å².